The van der Waals surface area contributed by atoms with Gasteiger partial charge in [0.2, 0.25) is 15.9 Å². The summed E-state index contributed by atoms with van der Waals surface area (Å²) >= 11 is 0. The van der Waals surface area contributed by atoms with Gasteiger partial charge in [-0.05, 0) is 48.7 Å². The molecule has 2 aliphatic rings. The van der Waals surface area contributed by atoms with Crippen LogP contribution in [0.3, 0.4) is 0 Å². The number of halogens is 3. The maximum Gasteiger partial charge on any atom is 0.246 e. The van der Waals surface area contributed by atoms with Gasteiger partial charge in [0, 0.05) is 32.2 Å². The SMILES string of the molecule is O=C(NC1CC1)C(c1ccc(F)cc1)N1CCN(S(=O)(=O)c2cc(F)ccc2F)CC1. The standard InChI is InChI=1S/C21H22F3N3O3S/c22-15-3-1-14(2-4-15)20(21(28)25-17-6-7-17)26-9-11-27(12-10-26)31(29,30)19-13-16(23)5-8-18(19)24/h1-5,8,13,17,20H,6-7,9-12H2,(H,25,28). The minimum absolute atomic E-state index is 0.00664. The number of hydrogen-bond donors (Lipinski definition) is 1. The van der Waals surface area contributed by atoms with Crippen molar-refractivity contribution in [3.63, 3.8) is 0 Å². The molecule has 4 rings (SSSR count). The van der Waals surface area contributed by atoms with Crippen LogP contribution in [0, 0.1) is 17.5 Å². The van der Waals surface area contributed by atoms with Crippen LogP contribution in [0.1, 0.15) is 24.4 Å². The molecule has 1 saturated heterocycles. The van der Waals surface area contributed by atoms with E-state index in [1.165, 1.54) is 24.3 Å². The Hall–Kier alpha value is -2.43. The summed E-state index contributed by atoms with van der Waals surface area (Å²) in [6, 6.07) is 7.38. The highest BCUT2D eigenvalue weighted by atomic mass is 32.2. The van der Waals surface area contributed by atoms with E-state index in [-0.39, 0.29) is 38.1 Å². The number of rotatable bonds is 6. The summed E-state index contributed by atoms with van der Waals surface area (Å²) in [6.45, 7) is 0.423. The van der Waals surface area contributed by atoms with Gasteiger partial charge in [-0.3, -0.25) is 9.69 Å². The minimum atomic E-state index is -4.22. The van der Waals surface area contributed by atoms with Crippen LogP contribution in [-0.2, 0) is 14.8 Å². The van der Waals surface area contributed by atoms with E-state index in [4.69, 9.17) is 0 Å². The lowest BCUT2D eigenvalue weighted by molar-refractivity contribution is -0.127. The van der Waals surface area contributed by atoms with Crippen molar-refractivity contribution >= 4 is 15.9 Å². The van der Waals surface area contributed by atoms with E-state index in [0.29, 0.717) is 11.6 Å². The maximum atomic E-state index is 14.0. The average molecular weight is 453 g/mol. The van der Waals surface area contributed by atoms with Crippen LogP contribution in [0.2, 0.25) is 0 Å². The number of amides is 1. The molecule has 1 saturated carbocycles. The summed E-state index contributed by atoms with van der Waals surface area (Å²) in [5, 5.41) is 2.95. The summed E-state index contributed by atoms with van der Waals surface area (Å²) < 4.78 is 67.6. The summed E-state index contributed by atoms with van der Waals surface area (Å²) in [7, 11) is -4.22. The van der Waals surface area contributed by atoms with Crippen molar-refractivity contribution in [2.45, 2.75) is 29.8 Å². The maximum absolute atomic E-state index is 14.0. The van der Waals surface area contributed by atoms with Crippen LogP contribution in [0.4, 0.5) is 13.2 Å². The molecule has 2 aromatic rings. The van der Waals surface area contributed by atoms with Gasteiger partial charge in [0.05, 0.1) is 0 Å². The Kier molecular flexibility index (Phi) is 6.05. The highest BCUT2D eigenvalue weighted by molar-refractivity contribution is 7.89. The zero-order valence-corrected chi connectivity index (χ0v) is 17.4. The lowest BCUT2D eigenvalue weighted by Crippen LogP contribution is -2.52. The zero-order valence-electron chi connectivity index (χ0n) is 16.6. The van der Waals surface area contributed by atoms with E-state index in [1.54, 1.807) is 0 Å². The normalized spacial score (nSPS) is 19.2. The molecule has 2 fully saturated rings. The zero-order chi connectivity index (χ0) is 22.2. The molecule has 1 aliphatic carbocycles. The molecule has 0 spiro atoms. The molecule has 6 nitrogen and oxygen atoms in total. The number of benzene rings is 2. The molecule has 1 unspecified atom stereocenters. The van der Waals surface area contributed by atoms with E-state index >= 15 is 0 Å². The highest BCUT2D eigenvalue weighted by Crippen LogP contribution is 2.28. The Balaban J connectivity index is 1.52. The quantitative estimate of drug-likeness (QED) is 0.730. The minimum Gasteiger partial charge on any atom is -0.352 e. The van der Waals surface area contributed by atoms with Crippen LogP contribution in [0.25, 0.3) is 0 Å². The van der Waals surface area contributed by atoms with Gasteiger partial charge < -0.3 is 5.32 Å². The number of carbonyl (C=O) groups is 1. The number of nitrogens with zero attached hydrogens (tertiary/aromatic N) is 2. The van der Waals surface area contributed by atoms with E-state index in [2.05, 4.69) is 5.32 Å². The molecule has 0 aromatic heterocycles. The second-order valence-electron chi connectivity index (χ2n) is 7.75. The van der Waals surface area contributed by atoms with E-state index in [0.717, 1.165) is 29.3 Å². The highest BCUT2D eigenvalue weighted by Gasteiger charge is 2.37. The Bertz CT molecular complexity index is 1070. The van der Waals surface area contributed by atoms with Gasteiger partial charge in [-0.15, -0.1) is 0 Å². The van der Waals surface area contributed by atoms with Gasteiger partial charge in [-0.1, -0.05) is 12.1 Å². The summed E-state index contributed by atoms with van der Waals surface area (Å²) in [5.41, 5.74) is 0.604. The molecule has 1 N–H and O–H groups in total. The first-order chi connectivity index (χ1) is 14.8. The van der Waals surface area contributed by atoms with Gasteiger partial charge >= 0.3 is 0 Å². The predicted molar refractivity (Wildman–Crippen MR) is 107 cm³/mol. The third kappa shape index (κ3) is 4.76. The largest absolute Gasteiger partial charge is 0.352 e. The van der Waals surface area contributed by atoms with Crippen LogP contribution < -0.4 is 5.32 Å². The van der Waals surface area contributed by atoms with Crippen molar-refractivity contribution < 1.29 is 26.4 Å². The molecule has 1 amide bonds. The molecule has 1 heterocycles. The molecule has 2 aromatic carbocycles. The fourth-order valence-electron chi connectivity index (χ4n) is 3.70. The number of carbonyl (C=O) groups excluding carboxylic acids is 1. The molecule has 31 heavy (non-hydrogen) atoms. The molecule has 166 valence electrons. The van der Waals surface area contributed by atoms with Crippen molar-refractivity contribution in [3.05, 3.63) is 65.5 Å². The van der Waals surface area contributed by atoms with Gasteiger partial charge in [0.1, 0.15) is 28.4 Å². The lowest BCUT2D eigenvalue weighted by Gasteiger charge is -2.38. The monoisotopic (exact) mass is 453 g/mol. The Morgan fingerprint density at radius 2 is 1.55 bits per heavy atom. The second-order valence-corrected chi connectivity index (χ2v) is 9.66. The van der Waals surface area contributed by atoms with Crippen LogP contribution in [0.15, 0.2) is 47.4 Å². The molecular weight excluding hydrogens is 431 g/mol. The number of piperazine rings is 1. The number of nitrogens with one attached hydrogen (secondary N) is 1. The first kappa shape index (κ1) is 21.8. The van der Waals surface area contributed by atoms with Crippen LogP contribution in [-0.4, -0.2) is 55.8 Å². The molecule has 1 aliphatic heterocycles. The first-order valence-corrected chi connectivity index (χ1v) is 11.4. The first-order valence-electron chi connectivity index (χ1n) is 10.0. The molecular formula is C21H22F3N3O3S. The van der Waals surface area contributed by atoms with Gasteiger partial charge in [0.15, 0.2) is 0 Å². The van der Waals surface area contributed by atoms with Crippen LogP contribution in [0.5, 0.6) is 0 Å². The number of sulfonamides is 1. The van der Waals surface area contributed by atoms with Crippen molar-refractivity contribution in [2.75, 3.05) is 26.2 Å². The Morgan fingerprint density at radius 3 is 2.16 bits per heavy atom. The smallest absolute Gasteiger partial charge is 0.246 e. The van der Waals surface area contributed by atoms with Crippen molar-refractivity contribution in [2.24, 2.45) is 0 Å². The average Bonchev–Trinajstić information content (AvgIpc) is 3.56. The molecule has 0 bridgehead atoms. The van der Waals surface area contributed by atoms with E-state index in [1.807, 2.05) is 4.90 Å². The van der Waals surface area contributed by atoms with Gasteiger partial charge in [0.25, 0.3) is 0 Å². The van der Waals surface area contributed by atoms with Crippen LogP contribution >= 0.6 is 0 Å². The summed E-state index contributed by atoms with van der Waals surface area (Å²) in [5.74, 6) is -2.50. The molecule has 0 radical (unpaired) electrons. The third-order valence-corrected chi connectivity index (χ3v) is 7.42. The summed E-state index contributed by atoms with van der Waals surface area (Å²) in [4.78, 5) is 14.0. The predicted octanol–water partition coefficient (Wildman–Crippen LogP) is 2.43. The van der Waals surface area contributed by atoms with Crippen molar-refractivity contribution in [3.8, 4) is 0 Å². The third-order valence-electron chi connectivity index (χ3n) is 5.51. The Labute approximate surface area is 178 Å². The summed E-state index contributed by atoms with van der Waals surface area (Å²) in [6.07, 6.45) is 1.82. The fourth-order valence-corrected chi connectivity index (χ4v) is 5.20. The van der Waals surface area contributed by atoms with Gasteiger partial charge in [-0.25, -0.2) is 21.6 Å². The van der Waals surface area contributed by atoms with Gasteiger partial charge in [-0.2, -0.15) is 4.31 Å². The lowest BCUT2D eigenvalue weighted by atomic mass is 10.0. The van der Waals surface area contributed by atoms with E-state index in [9.17, 15) is 26.4 Å². The molecule has 10 heteroatoms. The fraction of sp³-hybridized carbons (Fsp3) is 0.381. The Morgan fingerprint density at radius 1 is 0.935 bits per heavy atom. The topological polar surface area (TPSA) is 69.7 Å². The number of hydrogen-bond acceptors (Lipinski definition) is 4. The van der Waals surface area contributed by atoms with Crippen molar-refractivity contribution in [1.29, 1.82) is 0 Å². The van der Waals surface area contributed by atoms with E-state index < -0.39 is 38.4 Å². The second kappa shape index (κ2) is 8.60. The van der Waals surface area contributed by atoms with Crippen molar-refractivity contribution in [1.82, 2.24) is 14.5 Å². The molecule has 1 atom stereocenters.